The normalized spacial score (nSPS) is 12.5. The van der Waals surface area contributed by atoms with Crippen molar-refractivity contribution in [2.45, 2.75) is 50.8 Å². The van der Waals surface area contributed by atoms with Crippen molar-refractivity contribution in [1.29, 1.82) is 0 Å². The summed E-state index contributed by atoms with van der Waals surface area (Å²) in [6, 6.07) is 6.80. The molecule has 118 valence electrons. The maximum absolute atomic E-state index is 12.3. The van der Waals surface area contributed by atoms with Crippen LogP contribution < -0.4 is 0 Å². The standard InChI is InChI=1S/C16H26N2O2S/c1-5-6-7-8-9-16(18(3)4)17-21(19,20)15-12-10-14(2)11-13-15/h10-13H,5-9H2,1-4H3/b17-16-. The second-order valence-corrected chi connectivity index (χ2v) is 7.10. The molecule has 0 radical (unpaired) electrons. The Labute approximate surface area is 128 Å². The maximum atomic E-state index is 12.3. The highest BCUT2D eigenvalue weighted by Crippen LogP contribution is 2.15. The fourth-order valence-corrected chi connectivity index (χ4v) is 3.08. The van der Waals surface area contributed by atoms with E-state index in [-0.39, 0.29) is 4.90 Å². The van der Waals surface area contributed by atoms with Gasteiger partial charge in [0, 0.05) is 20.5 Å². The zero-order chi connectivity index (χ0) is 15.9. The first-order valence-corrected chi connectivity index (χ1v) is 8.88. The fourth-order valence-electron chi connectivity index (χ4n) is 1.96. The molecule has 0 amide bonds. The molecule has 0 aromatic heterocycles. The van der Waals surface area contributed by atoms with E-state index in [2.05, 4.69) is 11.3 Å². The molecule has 0 saturated carbocycles. The SMILES string of the molecule is CCCCCC/C(=N/S(=O)(=O)c1ccc(C)cc1)N(C)C. The van der Waals surface area contributed by atoms with E-state index in [0.717, 1.165) is 24.8 Å². The van der Waals surface area contributed by atoms with Gasteiger partial charge >= 0.3 is 0 Å². The number of hydrogen-bond donors (Lipinski definition) is 0. The summed E-state index contributed by atoms with van der Waals surface area (Å²) in [4.78, 5) is 2.04. The molecule has 0 bridgehead atoms. The van der Waals surface area contributed by atoms with Gasteiger partial charge in [0.05, 0.1) is 4.90 Å². The molecule has 0 fully saturated rings. The first-order valence-electron chi connectivity index (χ1n) is 7.44. The van der Waals surface area contributed by atoms with Gasteiger partial charge in [0.15, 0.2) is 0 Å². The van der Waals surface area contributed by atoms with Gasteiger partial charge in [0.2, 0.25) is 0 Å². The second kappa shape index (κ2) is 8.17. The van der Waals surface area contributed by atoms with Crippen molar-refractivity contribution in [3.05, 3.63) is 29.8 Å². The summed E-state index contributed by atoms with van der Waals surface area (Å²) in [7, 11) is 0.0556. The summed E-state index contributed by atoms with van der Waals surface area (Å²) in [5.41, 5.74) is 1.03. The van der Waals surface area contributed by atoms with Crippen molar-refractivity contribution in [1.82, 2.24) is 4.90 Å². The van der Waals surface area contributed by atoms with E-state index in [1.807, 2.05) is 21.0 Å². The van der Waals surface area contributed by atoms with E-state index in [0.29, 0.717) is 12.3 Å². The zero-order valence-corrected chi connectivity index (χ0v) is 14.3. The minimum Gasteiger partial charge on any atom is -0.365 e. The molecule has 0 unspecified atom stereocenters. The molecule has 21 heavy (non-hydrogen) atoms. The Bertz CT molecular complexity index is 560. The van der Waals surface area contributed by atoms with Gasteiger partial charge < -0.3 is 4.90 Å². The fraction of sp³-hybridized carbons (Fsp3) is 0.562. The molecule has 0 aliphatic rings. The molecule has 0 aliphatic heterocycles. The summed E-state index contributed by atoms with van der Waals surface area (Å²) in [5.74, 6) is 0.617. The smallest absolute Gasteiger partial charge is 0.283 e. The molecule has 0 atom stereocenters. The van der Waals surface area contributed by atoms with Crippen LogP contribution in [0.25, 0.3) is 0 Å². The molecule has 1 aromatic carbocycles. The van der Waals surface area contributed by atoms with Gasteiger partial charge in [0.25, 0.3) is 10.0 Å². The molecular weight excluding hydrogens is 284 g/mol. The predicted octanol–water partition coefficient (Wildman–Crippen LogP) is 3.61. The molecule has 0 aliphatic carbocycles. The lowest BCUT2D eigenvalue weighted by Gasteiger charge is -2.15. The van der Waals surface area contributed by atoms with Crippen molar-refractivity contribution in [3.8, 4) is 0 Å². The highest BCUT2D eigenvalue weighted by molar-refractivity contribution is 7.90. The van der Waals surface area contributed by atoms with Crippen LogP contribution in [-0.2, 0) is 10.0 Å². The maximum Gasteiger partial charge on any atom is 0.283 e. The predicted molar refractivity (Wildman–Crippen MR) is 88.2 cm³/mol. The first-order chi connectivity index (χ1) is 9.86. The van der Waals surface area contributed by atoms with Crippen molar-refractivity contribution < 1.29 is 8.42 Å². The van der Waals surface area contributed by atoms with Crippen LogP contribution in [0.5, 0.6) is 0 Å². The summed E-state index contributed by atoms with van der Waals surface area (Å²) in [5, 5.41) is 0. The van der Waals surface area contributed by atoms with Crippen LogP contribution in [0.3, 0.4) is 0 Å². The molecular formula is C16H26N2O2S. The summed E-state index contributed by atoms with van der Waals surface area (Å²) >= 11 is 0. The van der Waals surface area contributed by atoms with Crippen LogP contribution in [-0.4, -0.2) is 33.2 Å². The lowest BCUT2D eigenvalue weighted by Crippen LogP contribution is -2.23. The van der Waals surface area contributed by atoms with Crippen molar-refractivity contribution in [2.75, 3.05) is 14.1 Å². The van der Waals surface area contributed by atoms with Crippen LogP contribution >= 0.6 is 0 Å². The van der Waals surface area contributed by atoms with E-state index >= 15 is 0 Å². The largest absolute Gasteiger partial charge is 0.365 e. The molecule has 0 saturated heterocycles. The van der Waals surface area contributed by atoms with Crippen LogP contribution in [0, 0.1) is 6.92 Å². The Morgan fingerprint density at radius 1 is 1.10 bits per heavy atom. The third-order valence-electron chi connectivity index (χ3n) is 3.31. The minimum absolute atomic E-state index is 0.251. The average Bonchev–Trinajstić information content (AvgIpc) is 2.42. The van der Waals surface area contributed by atoms with E-state index < -0.39 is 10.0 Å². The number of hydrogen-bond acceptors (Lipinski definition) is 2. The quantitative estimate of drug-likeness (QED) is 0.439. The van der Waals surface area contributed by atoms with Crippen LogP contribution in [0.1, 0.15) is 44.6 Å². The Morgan fingerprint density at radius 3 is 2.24 bits per heavy atom. The van der Waals surface area contributed by atoms with Crippen LogP contribution in [0.4, 0.5) is 0 Å². The number of unbranched alkanes of at least 4 members (excludes halogenated alkanes) is 3. The molecule has 0 N–H and O–H groups in total. The van der Waals surface area contributed by atoms with Crippen molar-refractivity contribution in [2.24, 2.45) is 4.40 Å². The van der Waals surface area contributed by atoms with E-state index in [9.17, 15) is 8.42 Å². The first kappa shape index (κ1) is 17.7. The molecule has 1 aromatic rings. The highest BCUT2D eigenvalue weighted by Gasteiger charge is 2.15. The third kappa shape index (κ3) is 5.87. The van der Waals surface area contributed by atoms with Crippen LogP contribution in [0.15, 0.2) is 33.6 Å². The molecule has 1 rings (SSSR count). The average molecular weight is 310 g/mol. The monoisotopic (exact) mass is 310 g/mol. The van der Waals surface area contributed by atoms with Crippen molar-refractivity contribution in [3.63, 3.8) is 0 Å². The Hall–Kier alpha value is -1.36. The van der Waals surface area contributed by atoms with Gasteiger partial charge in [-0.2, -0.15) is 8.42 Å². The van der Waals surface area contributed by atoms with Gasteiger partial charge in [-0.1, -0.05) is 43.9 Å². The lowest BCUT2D eigenvalue weighted by molar-refractivity contribution is 0.576. The summed E-state index contributed by atoms with van der Waals surface area (Å²) < 4.78 is 28.7. The third-order valence-corrected chi connectivity index (χ3v) is 4.63. The van der Waals surface area contributed by atoms with Gasteiger partial charge in [0.1, 0.15) is 5.84 Å². The van der Waals surface area contributed by atoms with Gasteiger partial charge in [-0.3, -0.25) is 0 Å². The number of amidine groups is 1. The minimum atomic E-state index is -3.62. The zero-order valence-electron chi connectivity index (χ0n) is 13.5. The number of aryl methyl sites for hydroxylation is 1. The van der Waals surface area contributed by atoms with E-state index in [1.165, 1.54) is 6.42 Å². The van der Waals surface area contributed by atoms with Gasteiger partial charge in [-0.15, -0.1) is 4.40 Å². The second-order valence-electron chi connectivity index (χ2n) is 5.50. The van der Waals surface area contributed by atoms with Crippen molar-refractivity contribution >= 4 is 15.9 Å². The number of rotatable bonds is 7. The lowest BCUT2D eigenvalue weighted by atomic mass is 10.1. The Morgan fingerprint density at radius 2 is 1.71 bits per heavy atom. The summed E-state index contributed by atoms with van der Waals surface area (Å²) in [6.45, 7) is 4.08. The molecule has 5 heteroatoms. The van der Waals surface area contributed by atoms with Crippen LogP contribution in [0.2, 0.25) is 0 Å². The van der Waals surface area contributed by atoms with E-state index in [1.54, 1.807) is 29.2 Å². The summed E-state index contributed by atoms with van der Waals surface area (Å²) in [6.07, 6.45) is 5.10. The molecule has 0 heterocycles. The number of nitrogens with zero attached hydrogens (tertiary/aromatic N) is 2. The van der Waals surface area contributed by atoms with Gasteiger partial charge in [-0.05, 0) is 25.5 Å². The van der Waals surface area contributed by atoms with Gasteiger partial charge in [-0.25, -0.2) is 0 Å². The number of sulfonamides is 1. The highest BCUT2D eigenvalue weighted by atomic mass is 32.2. The van der Waals surface area contributed by atoms with E-state index in [4.69, 9.17) is 0 Å². The number of benzene rings is 1. The topological polar surface area (TPSA) is 49.7 Å². The molecule has 0 spiro atoms. The Balaban J connectivity index is 2.89. The Kier molecular flexibility index (Phi) is 6.89. The molecule has 4 nitrogen and oxygen atoms in total.